The first-order chi connectivity index (χ1) is 17.5. The molecule has 0 aliphatic heterocycles. The Hall–Kier alpha value is -2.15. The predicted octanol–water partition coefficient (Wildman–Crippen LogP) is 4.72. The molecule has 4 nitrogen and oxygen atoms in total. The minimum atomic E-state index is -1.20. The zero-order valence-electron chi connectivity index (χ0n) is 19.4. The van der Waals surface area contributed by atoms with Gasteiger partial charge in [0.05, 0.1) is 37.1 Å². The molecule has 0 unspecified atom stereocenters. The SMILES string of the molecule is O=C(O)C[PH+](c1ccccc1)c1ccccc1.O=C(O)C[PH+](c1ccccc1)c1ccccc1.[Br][Pt]. The molecule has 0 bridgehead atoms. The average molecular weight is 765 g/mol. The van der Waals surface area contributed by atoms with E-state index in [1.165, 1.54) is 0 Å². The standard InChI is InChI=1S/2C14H13O2P.BrH.Pt/c2*15-14(16)11-17(12-7-3-1-4-8-12)13-9-5-2-6-10-13;;/h2*1-10H,11H2,(H,15,16);1H;/q;;;+1/p+1. The maximum atomic E-state index is 11.0. The maximum absolute atomic E-state index is 11.0. The van der Waals surface area contributed by atoms with E-state index in [-0.39, 0.29) is 12.3 Å². The summed E-state index contributed by atoms with van der Waals surface area (Å²) < 4.78 is 0. The Morgan fingerprint density at radius 3 is 0.861 bits per heavy atom. The summed E-state index contributed by atoms with van der Waals surface area (Å²) >= 11 is 4.86. The molecule has 0 fully saturated rings. The summed E-state index contributed by atoms with van der Waals surface area (Å²) in [7, 11) is -2.40. The van der Waals surface area contributed by atoms with Crippen LogP contribution in [0.1, 0.15) is 0 Å². The fourth-order valence-corrected chi connectivity index (χ4v) is 8.07. The molecule has 8 heteroatoms. The van der Waals surface area contributed by atoms with Crippen LogP contribution in [-0.2, 0) is 27.3 Å². The van der Waals surface area contributed by atoms with Gasteiger partial charge in [-0.05, 0) is 48.5 Å². The van der Waals surface area contributed by atoms with Crippen molar-refractivity contribution < 1.29 is 37.6 Å². The van der Waals surface area contributed by atoms with Crippen molar-refractivity contribution in [3.05, 3.63) is 121 Å². The molecular formula is C28H28BrO4P2Pt+2. The fourth-order valence-electron chi connectivity index (χ4n) is 3.60. The van der Waals surface area contributed by atoms with Crippen LogP contribution in [-0.4, -0.2) is 34.5 Å². The molecule has 4 aromatic carbocycles. The van der Waals surface area contributed by atoms with E-state index in [0.717, 1.165) is 21.2 Å². The molecule has 0 aliphatic carbocycles. The van der Waals surface area contributed by atoms with E-state index in [1.54, 1.807) is 0 Å². The van der Waals surface area contributed by atoms with Crippen LogP contribution >= 0.6 is 29.1 Å². The van der Waals surface area contributed by atoms with Gasteiger partial charge < -0.3 is 10.2 Å². The van der Waals surface area contributed by atoms with Gasteiger partial charge in [0.1, 0.15) is 0 Å². The topological polar surface area (TPSA) is 74.6 Å². The van der Waals surface area contributed by atoms with Gasteiger partial charge in [0, 0.05) is 0 Å². The Labute approximate surface area is 232 Å². The zero-order chi connectivity index (χ0) is 26.2. The normalized spacial score (nSPS) is 10.0. The third-order valence-corrected chi connectivity index (χ3v) is 10.6. The third kappa shape index (κ3) is 10.5. The van der Waals surface area contributed by atoms with Crippen LogP contribution in [0.15, 0.2) is 121 Å². The van der Waals surface area contributed by atoms with Crippen LogP contribution in [0.3, 0.4) is 0 Å². The Kier molecular flexibility index (Phi) is 14.5. The number of rotatable bonds is 8. The molecule has 2 N–H and O–H groups in total. The molecule has 0 spiro atoms. The molecule has 0 saturated heterocycles. The van der Waals surface area contributed by atoms with Crippen molar-refractivity contribution in [1.29, 1.82) is 0 Å². The van der Waals surface area contributed by atoms with Crippen molar-refractivity contribution in [3.8, 4) is 0 Å². The summed E-state index contributed by atoms with van der Waals surface area (Å²) in [5, 5.41) is 22.6. The average Bonchev–Trinajstić information content (AvgIpc) is 2.93. The van der Waals surface area contributed by atoms with E-state index < -0.39 is 27.8 Å². The fraction of sp³-hybridized carbons (Fsp3) is 0.0714. The summed E-state index contributed by atoms with van der Waals surface area (Å²) in [4.78, 5) is 22.0. The Balaban J connectivity index is 0.000000237. The monoisotopic (exact) mass is 764 g/mol. The first-order valence-corrected chi connectivity index (χ1v) is 19.4. The van der Waals surface area contributed by atoms with E-state index in [9.17, 15) is 9.59 Å². The Morgan fingerprint density at radius 2 is 0.694 bits per heavy atom. The molecule has 0 radical (unpaired) electrons. The van der Waals surface area contributed by atoms with Gasteiger partial charge in [-0.25, -0.2) is 9.59 Å². The first-order valence-electron chi connectivity index (χ1n) is 11.0. The van der Waals surface area contributed by atoms with Gasteiger partial charge in [-0.1, -0.05) is 72.8 Å². The zero-order valence-corrected chi connectivity index (χ0v) is 25.2. The molecule has 0 aliphatic rings. The van der Waals surface area contributed by atoms with Gasteiger partial charge in [-0.2, -0.15) is 0 Å². The summed E-state index contributed by atoms with van der Waals surface area (Å²) in [5.74, 6) is -1.46. The molecule has 0 amide bonds. The number of halogens is 1. The number of carbonyl (C=O) groups is 2. The predicted molar refractivity (Wildman–Crippen MR) is 155 cm³/mol. The molecule has 0 heterocycles. The quantitative estimate of drug-likeness (QED) is 0.255. The number of hydrogen-bond donors (Lipinski definition) is 2. The van der Waals surface area contributed by atoms with Crippen molar-refractivity contribution in [3.63, 3.8) is 0 Å². The third-order valence-electron chi connectivity index (χ3n) is 5.15. The molecule has 4 aromatic rings. The van der Waals surface area contributed by atoms with Crippen LogP contribution in [0.4, 0.5) is 0 Å². The van der Waals surface area contributed by atoms with E-state index in [1.807, 2.05) is 139 Å². The second kappa shape index (κ2) is 17.3. The first kappa shape index (κ1) is 30.1. The Morgan fingerprint density at radius 1 is 0.500 bits per heavy atom. The van der Waals surface area contributed by atoms with E-state index in [4.69, 9.17) is 10.2 Å². The van der Waals surface area contributed by atoms with E-state index in [0.29, 0.717) is 0 Å². The van der Waals surface area contributed by atoms with Crippen LogP contribution in [0.2, 0.25) is 0 Å². The molecular weight excluding hydrogens is 737 g/mol. The number of carboxylic acids is 2. The van der Waals surface area contributed by atoms with Crippen molar-refractivity contribution in [2.24, 2.45) is 0 Å². The molecule has 0 saturated carbocycles. The van der Waals surface area contributed by atoms with Gasteiger partial charge in [0.2, 0.25) is 0 Å². The molecule has 0 atom stereocenters. The number of benzene rings is 4. The van der Waals surface area contributed by atoms with Crippen LogP contribution < -0.4 is 21.2 Å². The summed E-state index contributed by atoms with van der Waals surface area (Å²) in [6.45, 7) is 0. The summed E-state index contributed by atoms with van der Waals surface area (Å²) in [5.41, 5.74) is 0. The number of carboxylic acid groups (broad SMARTS) is 2. The van der Waals surface area contributed by atoms with Crippen LogP contribution in [0.25, 0.3) is 0 Å². The molecule has 189 valence electrons. The van der Waals surface area contributed by atoms with Gasteiger partial charge in [-0.3, -0.25) is 0 Å². The van der Waals surface area contributed by atoms with E-state index >= 15 is 0 Å². The number of hydrogen-bond acceptors (Lipinski definition) is 2. The molecule has 36 heavy (non-hydrogen) atoms. The van der Waals surface area contributed by atoms with Gasteiger partial charge in [0.25, 0.3) is 0 Å². The van der Waals surface area contributed by atoms with E-state index in [2.05, 4.69) is 13.3 Å². The van der Waals surface area contributed by atoms with Crippen molar-refractivity contribution in [1.82, 2.24) is 0 Å². The molecule has 0 aromatic heterocycles. The van der Waals surface area contributed by atoms with Crippen LogP contribution in [0, 0.1) is 0 Å². The Bertz CT molecular complexity index is 993. The van der Waals surface area contributed by atoms with Crippen LogP contribution in [0.5, 0.6) is 0 Å². The van der Waals surface area contributed by atoms with Crippen molar-refractivity contribution in [2.75, 3.05) is 12.3 Å². The van der Waals surface area contributed by atoms with Crippen molar-refractivity contribution in [2.45, 2.75) is 0 Å². The van der Waals surface area contributed by atoms with Gasteiger partial charge in [-0.15, -0.1) is 0 Å². The van der Waals surface area contributed by atoms with Gasteiger partial charge >= 0.3 is 43.0 Å². The minimum absolute atomic E-state index is 0.221. The van der Waals surface area contributed by atoms with Crippen molar-refractivity contribution >= 4 is 62.3 Å². The second-order valence-electron chi connectivity index (χ2n) is 7.56. The van der Waals surface area contributed by atoms with Gasteiger partial charge in [0.15, 0.2) is 12.3 Å². The number of aliphatic carboxylic acids is 2. The second-order valence-corrected chi connectivity index (χ2v) is 12.5. The molecule has 4 rings (SSSR count). The summed E-state index contributed by atoms with van der Waals surface area (Å²) in [6.07, 6.45) is 0.442. The summed E-state index contributed by atoms with van der Waals surface area (Å²) in [6, 6.07) is 39.7.